The van der Waals surface area contributed by atoms with Crippen LogP contribution in [0.5, 0.6) is 0 Å². The van der Waals surface area contributed by atoms with Crippen molar-refractivity contribution in [1.82, 2.24) is 9.97 Å². The maximum atomic E-state index is 12.1. The summed E-state index contributed by atoms with van der Waals surface area (Å²) in [4.78, 5) is 32.4. The molecule has 124 valence electrons. The molecule has 0 radical (unpaired) electrons. The predicted octanol–water partition coefficient (Wildman–Crippen LogP) is 3.61. The van der Waals surface area contributed by atoms with Gasteiger partial charge in [-0.3, -0.25) is 9.59 Å². The summed E-state index contributed by atoms with van der Waals surface area (Å²) in [6, 6.07) is 11.1. The molecule has 0 aliphatic rings. The molecule has 0 aliphatic heterocycles. The Bertz CT molecular complexity index is 887. The summed E-state index contributed by atoms with van der Waals surface area (Å²) in [5.74, 6) is 0.0835. The molecule has 1 aromatic carbocycles. The Morgan fingerprint density at radius 3 is 2.92 bits per heavy atom. The van der Waals surface area contributed by atoms with Crippen molar-refractivity contribution in [3.05, 3.63) is 62.8 Å². The summed E-state index contributed by atoms with van der Waals surface area (Å²) in [5.41, 5.74) is 0.369. The molecular weight excluding hydrogens is 324 g/mol. The van der Waals surface area contributed by atoms with Crippen LogP contribution in [-0.2, 0) is 16.0 Å². The number of aromatic amines is 1. The zero-order valence-electron chi connectivity index (χ0n) is 13.3. The van der Waals surface area contributed by atoms with Crippen molar-refractivity contribution in [2.24, 2.45) is 0 Å². The lowest BCUT2D eigenvalue weighted by Gasteiger charge is -2.13. The second-order valence-electron chi connectivity index (χ2n) is 5.53. The summed E-state index contributed by atoms with van der Waals surface area (Å²) in [6.45, 7) is 1.71. The smallest absolute Gasteiger partial charge is 0.306 e. The highest BCUT2D eigenvalue weighted by Gasteiger charge is 2.15. The van der Waals surface area contributed by atoms with Crippen molar-refractivity contribution in [2.45, 2.75) is 32.3 Å². The number of aryl methyl sites for hydroxylation is 1. The molecule has 3 aromatic rings. The second-order valence-corrected chi connectivity index (χ2v) is 6.57. The highest BCUT2D eigenvalue weighted by atomic mass is 32.1. The van der Waals surface area contributed by atoms with Gasteiger partial charge in [0.1, 0.15) is 0 Å². The van der Waals surface area contributed by atoms with Gasteiger partial charge in [-0.15, -0.1) is 11.3 Å². The lowest BCUT2D eigenvalue weighted by molar-refractivity contribution is -0.149. The third-order valence-electron chi connectivity index (χ3n) is 3.71. The molecule has 0 spiro atoms. The summed E-state index contributed by atoms with van der Waals surface area (Å²) < 4.78 is 5.39. The summed E-state index contributed by atoms with van der Waals surface area (Å²) >= 11 is 1.69. The minimum atomic E-state index is -0.587. The van der Waals surface area contributed by atoms with Gasteiger partial charge in [-0.25, -0.2) is 4.98 Å². The number of carbonyl (C=O) groups excluding carboxylic acids is 1. The molecule has 2 heterocycles. The highest BCUT2D eigenvalue weighted by molar-refractivity contribution is 7.09. The Hall–Kier alpha value is -2.47. The molecule has 2 aromatic heterocycles. The molecule has 6 heteroatoms. The number of rotatable bonds is 6. The average Bonchev–Trinajstić information content (AvgIpc) is 3.08. The van der Waals surface area contributed by atoms with E-state index in [0.29, 0.717) is 23.1 Å². The molecule has 0 saturated heterocycles. The number of fused-ring (bicyclic) bond motifs is 1. The van der Waals surface area contributed by atoms with Crippen molar-refractivity contribution < 1.29 is 9.53 Å². The summed E-state index contributed by atoms with van der Waals surface area (Å²) in [6.07, 6.45) is 1.37. The highest BCUT2D eigenvalue weighted by Crippen LogP contribution is 2.16. The fourth-order valence-corrected chi connectivity index (χ4v) is 3.22. The topological polar surface area (TPSA) is 72.0 Å². The van der Waals surface area contributed by atoms with Crippen molar-refractivity contribution in [2.75, 3.05) is 0 Å². The van der Waals surface area contributed by atoms with Crippen LogP contribution < -0.4 is 5.56 Å². The molecular formula is C18H18N2O3S. The Morgan fingerprint density at radius 2 is 2.12 bits per heavy atom. The number of aromatic nitrogens is 2. The maximum absolute atomic E-state index is 12.1. The van der Waals surface area contributed by atoms with E-state index in [-0.39, 0.29) is 11.5 Å². The Balaban J connectivity index is 1.60. The molecule has 0 aliphatic carbocycles. The minimum absolute atomic E-state index is 0.226. The van der Waals surface area contributed by atoms with E-state index in [9.17, 15) is 9.59 Å². The van der Waals surface area contributed by atoms with E-state index < -0.39 is 6.10 Å². The lowest BCUT2D eigenvalue weighted by atomic mass is 10.2. The van der Waals surface area contributed by atoms with Crippen molar-refractivity contribution in [1.29, 1.82) is 0 Å². The first-order chi connectivity index (χ1) is 11.6. The molecule has 0 fully saturated rings. The molecule has 5 nitrogen and oxygen atoms in total. The van der Waals surface area contributed by atoms with Crippen LogP contribution in [0, 0.1) is 0 Å². The van der Waals surface area contributed by atoms with Crippen molar-refractivity contribution >= 4 is 28.2 Å². The van der Waals surface area contributed by atoms with Gasteiger partial charge in [-0.2, -0.15) is 0 Å². The molecule has 0 saturated carbocycles. The molecule has 1 atom stereocenters. The van der Waals surface area contributed by atoms with Crippen molar-refractivity contribution in [3.63, 3.8) is 0 Å². The van der Waals surface area contributed by atoms with Gasteiger partial charge in [0, 0.05) is 11.3 Å². The van der Waals surface area contributed by atoms with Gasteiger partial charge in [0.05, 0.1) is 10.9 Å². The Morgan fingerprint density at radius 1 is 1.29 bits per heavy atom. The number of H-pyrrole nitrogens is 1. The number of hydrogen-bond acceptors (Lipinski definition) is 5. The zero-order valence-corrected chi connectivity index (χ0v) is 14.1. The second kappa shape index (κ2) is 7.40. The first-order valence-electron chi connectivity index (χ1n) is 7.84. The van der Waals surface area contributed by atoms with Gasteiger partial charge >= 0.3 is 5.97 Å². The van der Waals surface area contributed by atoms with Crippen LogP contribution in [0.3, 0.4) is 0 Å². The van der Waals surface area contributed by atoms with Crippen LogP contribution in [0.1, 0.15) is 36.6 Å². The number of hydrogen-bond donors (Lipinski definition) is 1. The molecule has 24 heavy (non-hydrogen) atoms. The van der Waals surface area contributed by atoms with Crippen LogP contribution in [-0.4, -0.2) is 15.9 Å². The van der Waals surface area contributed by atoms with E-state index in [4.69, 9.17) is 4.74 Å². The van der Waals surface area contributed by atoms with Crippen LogP contribution >= 0.6 is 11.3 Å². The lowest BCUT2D eigenvalue weighted by Crippen LogP contribution is -2.17. The minimum Gasteiger partial charge on any atom is -0.454 e. The van der Waals surface area contributed by atoms with Crippen LogP contribution in [0.2, 0.25) is 0 Å². The SMILES string of the molecule is C[C@H](OC(=O)CCCc1cccs1)c1nc2ccccc2c(=O)[nH]1. The molecule has 1 N–H and O–H groups in total. The van der Waals surface area contributed by atoms with Crippen LogP contribution in [0.25, 0.3) is 10.9 Å². The van der Waals surface area contributed by atoms with Gasteiger partial charge in [0.2, 0.25) is 0 Å². The van der Waals surface area contributed by atoms with Crippen molar-refractivity contribution in [3.8, 4) is 0 Å². The van der Waals surface area contributed by atoms with Gasteiger partial charge in [-0.05, 0) is 43.3 Å². The van der Waals surface area contributed by atoms with E-state index in [0.717, 1.165) is 12.8 Å². The predicted molar refractivity (Wildman–Crippen MR) is 94.1 cm³/mol. The quantitative estimate of drug-likeness (QED) is 0.695. The largest absolute Gasteiger partial charge is 0.454 e. The first-order valence-corrected chi connectivity index (χ1v) is 8.72. The van der Waals surface area contributed by atoms with Crippen LogP contribution in [0.4, 0.5) is 0 Å². The Kier molecular flexibility index (Phi) is 5.05. The van der Waals surface area contributed by atoms with Gasteiger partial charge in [0.25, 0.3) is 5.56 Å². The number of nitrogens with one attached hydrogen (secondary N) is 1. The average molecular weight is 342 g/mol. The molecule has 0 unspecified atom stereocenters. The summed E-state index contributed by atoms with van der Waals surface area (Å²) in [5, 5.41) is 2.55. The zero-order chi connectivity index (χ0) is 16.9. The number of nitrogens with zero attached hydrogens (tertiary/aromatic N) is 1. The molecule has 0 bridgehead atoms. The third-order valence-corrected chi connectivity index (χ3v) is 4.64. The number of ether oxygens (including phenoxy) is 1. The molecule has 3 rings (SSSR count). The fraction of sp³-hybridized carbons (Fsp3) is 0.278. The number of benzene rings is 1. The van der Waals surface area contributed by atoms with E-state index >= 15 is 0 Å². The number of thiophene rings is 1. The third kappa shape index (κ3) is 3.89. The van der Waals surface area contributed by atoms with E-state index in [1.807, 2.05) is 17.5 Å². The van der Waals surface area contributed by atoms with Gasteiger partial charge in [-0.1, -0.05) is 18.2 Å². The number of esters is 1. The number of carbonyl (C=O) groups is 1. The van der Waals surface area contributed by atoms with E-state index in [1.54, 1.807) is 36.5 Å². The first kappa shape index (κ1) is 16.4. The van der Waals surface area contributed by atoms with E-state index in [1.165, 1.54) is 4.88 Å². The molecule has 0 amide bonds. The normalized spacial score (nSPS) is 12.2. The van der Waals surface area contributed by atoms with Gasteiger partial charge < -0.3 is 9.72 Å². The summed E-state index contributed by atoms with van der Waals surface area (Å²) in [7, 11) is 0. The Labute approximate surface area is 143 Å². The van der Waals surface area contributed by atoms with Gasteiger partial charge in [0.15, 0.2) is 11.9 Å². The standard InChI is InChI=1S/C18H18N2O3S/c1-12(23-16(21)10-4-6-13-7-5-11-24-13)17-19-15-9-3-2-8-14(15)18(22)20-17/h2-3,5,7-9,11-12H,4,6,10H2,1H3,(H,19,20,22)/t12-/m0/s1. The monoisotopic (exact) mass is 342 g/mol. The van der Waals surface area contributed by atoms with E-state index in [2.05, 4.69) is 16.0 Å². The van der Waals surface area contributed by atoms with Crippen LogP contribution in [0.15, 0.2) is 46.6 Å². The number of para-hydroxylation sites is 1. The fourth-order valence-electron chi connectivity index (χ4n) is 2.47. The maximum Gasteiger partial charge on any atom is 0.306 e.